The van der Waals surface area contributed by atoms with E-state index in [2.05, 4.69) is 0 Å². The molecular formula is C3H6O2S. The predicted octanol–water partition coefficient (Wildman–Crippen LogP) is 0.131. The molecular weight excluding hydrogens is 100 g/mol. The third-order valence-corrected chi connectivity index (χ3v) is 0.742. The molecule has 36 valence electrons. The van der Waals surface area contributed by atoms with Crippen LogP contribution in [0.25, 0.3) is 0 Å². The molecule has 0 aromatic carbocycles. The van der Waals surface area contributed by atoms with E-state index in [0.717, 1.165) is 5.41 Å². The van der Waals surface area contributed by atoms with Crippen molar-refractivity contribution >= 4 is 10.6 Å². The zero-order valence-electron chi connectivity index (χ0n) is 4.38. The summed E-state index contributed by atoms with van der Waals surface area (Å²) in [5.41, 5.74) is 0. The molecule has 0 heterocycles. The van der Waals surface area contributed by atoms with Crippen molar-refractivity contribution in [3.05, 3.63) is 11.5 Å². The fourth-order valence-corrected chi connectivity index (χ4v) is 0.333. The molecule has 0 atom stereocenters. The number of rotatable bonds is 1. The molecule has 0 N–H and O–H groups in total. The molecule has 0 aromatic heterocycles. The predicted molar refractivity (Wildman–Crippen MR) is 25.1 cm³/mol. The third-order valence-electron chi connectivity index (χ3n) is 0.247. The lowest BCUT2D eigenvalue weighted by Crippen LogP contribution is -1.58. The minimum absolute atomic E-state index is 0.826. The lowest BCUT2D eigenvalue weighted by atomic mass is 10.8. The number of allylic oxidation sites excluding steroid dienone is 1. The van der Waals surface area contributed by atoms with E-state index in [1.807, 2.05) is 0 Å². The van der Waals surface area contributed by atoms with Gasteiger partial charge in [0.25, 0.3) is 0 Å². The molecule has 3 heteroatoms. The first-order valence-electron chi connectivity index (χ1n) is 1.89. The molecule has 0 saturated carbocycles. The van der Waals surface area contributed by atoms with Gasteiger partial charge in [-0.15, -0.1) is 0 Å². The topological polar surface area (TPSA) is 34.1 Å². The van der Waals surface area contributed by atoms with Crippen molar-refractivity contribution in [1.29, 1.82) is 1.12 Å². The van der Waals surface area contributed by atoms with Gasteiger partial charge in [0.15, 0.2) is 11.7 Å². The Balaban J connectivity index is 4.13. The van der Waals surface area contributed by atoms with Crippen molar-refractivity contribution in [1.82, 2.24) is 0 Å². The molecule has 0 spiro atoms. The normalized spacial score (nSPS) is 15.2. The van der Waals surface area contributed by atoms with Crippen molar-refractivity contribution < 1.29 is 8.42 Å². The van der Waals surface area contributed by atoms with Gasteiger partial charge in [0, 0.05) is 5.41 Å². The summed E-state index contributed by atoms with van der Waals surface area (Å²) in [5.74, 6) is 0. The Morgan fingerprint density at radius 2 is 2.33 bits per heavy atom. The second kappa shape index (κ2) is 2.90. The highest BCUT2D eigenvalue weighted by Crippen LogP contribution is 1.64. The van der Waals surface area contributed by atoms with E-state index in [-0.39, 0.29) is 0 Å². The Morgan fingerprint density at radius 1 is 1.83 bits per heavy atom. The van der Waals surface area contributed by atoms with Gasteiger partial charge in [0.05, 0.1) is 0 Å². The van der Waals surface area contributed by atoms with Crippen LogP contribution in [0.2, 0.25) is 0 Å². The maximum absolute atomic E-state index is 9.81. The smallest absolute Gasteiger partial charge is 0.179 e. The van der Waals surface area contributed by atoms with Gasteiger partial charge in [0.1, 0.15) is 0 Å². The number of hydrogen-bond acceptors (Lipinski definition) is 2. The highest BCUT2D eigenvalue weighted by molar-refractivity contribution is 7.75. The minimum Gasteiger partial charge on any atom is -0.227 e. The minimum atomic E-state index is -3.60. The zero-order chi connectivity index (χ0) is 5.91. The summed E-state index contributed by atoms with van der Waals surface area (Å²) in [6.45, 7) is 1.55. The van der Waals surface area contributed by atoms with Gasteiger partial charge < -0.3 is 0 Å². The van der Waals surface area contributed by atoms with E-state index in [9.17, 15) is 8.42 Å². The van der Waals surface area contributed by atoms with Crippen LogP contribution in [0.5, 0.6) is 0 Å². The first kappa shape index (κ1) is 3.87. The van der Waals surface area contributed by atoms with Crippen LogP contribution in [0.15, 0.2) is 11.5 Å². The van der Waals surface area contributed by atoms with Crippen LogP contribution < -0.4 is 0 Å². The summed E-state index contributed by atoms with van der Waals surface area (Å²) < 4.78 is 25.8. The first-order chi connectivity index (χ1) is 3.06. The van der Waals surface area contributed by atoms with E-state index in [0.29, 0.717) is 0 Å². The van der Waals surface area contributed by atoms with E-state index in [1.165, 1.54) is 6.08 Å². The van der Waals surface area contributed by atoms with Crippen LogP contribution in [-0.2, 0) is 10.6 Å². The van der Waals surface area contributed by atoms with Gasteiger partial charge in [-0.25, -0.2) is 8.42 Å². The molecule has 0 saturated heterocycles. The molecule has 0 aliphatic heterocycles. The molecule has 0 aromatic rings. The van der Waals surface area contributed by atoms with Gasteiger partial charge in [-0.05, 0) is 6.92 Å². The molecule has 0 rings (SSSR count). The fourth-order valence-electron chi connectivity index (χ4n) is 0.111. The summed E-state index contributed by atoms with van der Waals surface area (Å²) in [6, 6.07) is 0. The highest BCUT2D eigenvalue weighted by Gasteiger charge is 1.61. The van der Waals surface area contributed by atoms with E-state index < -0.39 is 10.6 Å². The largest absolute Gasteiger partial charge is 0.227 e. The maximum atomic E-state index is 9.81. The van der Waals surface area contributed by atoms with Gasteiger partial charge in [-0.1, -0.05) is 6.08 Å². The second-order valence-electron chi connectivity index (χ2n) is 0.730. The molecule has 0 unspecified atom stereocenters. The first-order valence-corrected chi connectivity index (χ1v) is 2.62. The van der Waals surface area contributed by atoms with E-state index in [4.69, 9.17) is 1.12 Å². The van der Waals surface area contributed by atoms with Gasteiger partial charge >= 0.3 is 0 Å². The summed E-state index contributed by atoms with van der Waals surface area (Å²) in [5, 5.41) is 0.826. The molecule has 0 bridgehead atoms. The Kier molecular flexibility index (Phi) is 1.87. The summed E-state index contributed by atoms with van der Waals surface area (Å²) >= 11 is 0. The van der Waals surface area contributed by atoms with Gasteiger partial charge in [-0.2, -0.15) is 0 Å². The maximum Gasteiger partial charge on any atom is 0.179 e. The Labute approximate surface area is 39.5 Å². The van der Waals surface area contributed by atoms with Crippen molar-refractivity contribution in [2.24, 2.45) is 0 Å². The summed E-state index contributed by atoms with van der Waals surface area (Å²) in [7, 11) is -3.60. The lowest BCUT2D eigenvalue weighted by molar-refractivity contribution is 0.622. The molecule has 0 aliphatic rings. The van der Waals surface area contributed by atoms with Gasteiger partial charge in [-0.3, -0.25) is 0 Å². The summed E-state index contributed by atoms with van der Waals surface area (Å²) in [4.78, 5) is 0. The standard InChI is InChI=1S/C3H6O2S/c1-2-3-6(4)5/h2-3,6H,1H3/b3-2+/i6D. The number of thiol groups is 1. The third kappa shape index (κ3) is 3.69. The van der Waals surface area contributed by atoms with Crippen LogP contribution in [0.4, 0.5) is 0 Å². The van der Waals surface area contributed by atoms with Crippen LogP contribution in [0.1, 0.15) is 6.92 Å². The summed E-state index contributed by atoms with van der Waals surface area (Å²) in [6.07, 6.45) is 1.31. The van der Waals surface area contributed by atoms with Crippen LogP contribution in [0.3, 0.4) is 0 Å². The average molecular weight is 107 g/mol. The number of hydrogen-bond donors (Lipinski definition) is 1. The van der Waals surface area contributed by atoms with Crippen molar-refractivity contribution in [2.75, 3.05) is 0 Å². The Hall–Kier alpha value is -0.310. The van der Waals surface area contributed by atoms with Crippen LogP contribution in [-0.4, -0.2) is 9.54 Å². The SMILES string of the molecule is [2H]S(=O)(=O)/C=C/C. The quantitative estimate of drug-likeness (QED) is 0.483. The Morgan fingerprint density at radius 3 is 2.33 bits per heavy atom. The molecule has 0 fully saturated rings. The molecule has 6 heavy (non-hydrogen) atoms. The monoisotopic (exact) mass is 107 g/mol. The molecule has 0 radical (unpaired) electrons. The average Bonchev–Trinajstić information content (AvgIpc) is 1.30. The van der Waals surface area contributed by atoms with Crippen molar-refractivity contribution in [3.63, 3.8) is 0 Å². The lowest BCUT2D eigenvalue weighted by Gasteiger charge is -1.57. The van der Waals surface area contributed by atoms with Crippen molar-refractivity contribution in [2.45, 2.75) is 6.92 Å². The second-order valence-corrected chi connectivity index (χ2v) is 1.52. The fraction of sp³-hybridized carbons (Fsp3) is 0.333. The molecule has 2 nitrogen and oxygen atoms in total. The molecule has 0 aliphatic carbocycles. The van der Waals surface area contributed by atoms with Crippen LogP contribution in [0, 0.1) is 0 Å². The highest BCUT2D eigenvalue weighted by atomic mass is 32.2. The van der Waals surface area contributed by atoms with Crippen LogP contribution >= 0.6 is 0 Å². The molecule has 0 amide bonds. The van der Waals surface area contributed by atoms with E-state index in [1.54, 1.807) is 6.92 Å². The Bertz CT molecular complexity index is 156. The van der Waals surface area contributed by atoms with Crippen molar-refractivity contribution in [3.8, 4) is 0 Å². The zero-order valence-corrected chi connectivity index (χ0v) is 4.20. The van der Waals surface area contributed by atoms with E-state index >= 15 is 0 Å². The van der Waals surface area contributed by atoms with Gasteiger partial charge in [0.2, 0.25) is 0 Å².